The number of anilines is 1. The lowest BCUT2D eigenvalue weighted by Gasteiger charge is -2.09. The molecule has 0 radical (unpaired) electrons. The molecule has 1 aromatic heterocycles. The van der Waals surface area contributed by atoms with E-state index in [-0.39, 0.29) is 0 Å². The molecule has 1 aliphatic rings. The number of nitrogens with two attached hydrogens (primary N) is 1. The van der Waals surface area contributed by atoms with Gasteiger partial charge in [-0.1, -0.05) is 0 Å². The minimum Gasteiger partial charge on any atom is -0.494 e. The molecule has 1 aliphatic carbocycles. The summed E-state index contributed by atoms with van der Waals surface area (Å²) in [7, 11) is 0. The van der Waals surface area contributed by atoms with Crippen LogP contribution in [-0.4, -0.2) is 16.6 Å². The van der Waals surface area contributed by atoms with Gasteiger partial charge in [0.1, 0.15) is 11.6 Å². The van der Waals surface area contributed by atoms with Crippen molar-refractivity contribution in [3.05, 3.63) is 34.4 Å². The zero-order valence-electron chi connectivity index (χ0n) is 11.3. The molecule has 0 bridgehead atoms. The minimum absolute atomic E-state index is 0.505. The predicted octanol–water partition coefficient (Wildman–Crippen LogP) is 3.76. The normalized spacial score (nSPS) is 14.3. The second kappa shape index (κ2) is 5.40. The van der Waals surface area contributed by atoms with Crippen molar-refractivity contribution in [2.45, 2.75) is 25.7 Å². The Morgan fingerprint density at radius 2 is 1.95 bits per heavy atom. The van der Waals surface area contributed by atoms with Crippen molar-refractivity contribution in [2.24, 2.45) is 0 Å². The lowest BCUT2D eigenvalue weighted by Crippen LogP contribution is -2.02. The summed E-state index contributed by atoms with van der Waals surface area (Å²) in [6.45, 7) is 2.63. The molecular weight excluding hydrogens is 318 g/mol. The summed E-state index contributed by atoms with van der Waals surface area (Å²) >= 11 is 3.49. The van der Waals surface area contributed by atoms with Gasteiger partial charge in [-0.2, -0.15) is 0 Å². The Bertz CT molecular complexity index is 624. The molecule has 1 saturated carbocycles. The van der Waals surface area contributed by atoms with Crippen LogP contribution in [-0.2, 0) is 0 Å². The maximum Gasteiger partial charge on any atom is 0.161 e. The van der Waals surface area contributed by atoms with Crippen LogP contribution in [0.25, 0.3) is 11.4 Å². The van der Waals surface area contributed by atoms with Crippen LogP contribution in [0.2, 0.25) is 0 Å². The average Bonchev–Trinajstić information content (AvgIpc) is 3.27. The Kier molecular flexibility index (Phi) is 3.61. The quantitative estimate of drug-likeness (QED) is 0.925. The molecule has 104 valence electrons. The molecule has 1 aromatic carbocycles. The van der Waals surface area contributed by atoms with Gasteiger partial charge in [-0.05, 0) is 60.0 Å². The third-order valence-corrected chi connectivity index (χ3v) is 4.10. The molecule has 0 saturated heterocycles. The smallest absolute Gasteiger partial charge is 0.161 e. The average molecular weight is 334 g/mol. The van der Waals surface area contributed by atoms with Crippen LogP contribution < -0.4 is 10.5 Å². The monoisotopic (exact) mass is 333 g/mol. The largest absolute Gasteiger partial charge is 0.494 e. The number of benzene rings is 1. The summed E-state index contributed by atoms with van der Waals surface area (Å²) in [5, 5.41) is 0. The van der Waals surface area contributed by atoms with Crippen molar-refractivity contribution < 1.29 is 4.74 Å². The summed E-state index contributed by atoms with van der Waals surface area (Å²) in [6.07, 6.45) is 2.36. The third-order valence-electron chi connectivity index (χ3n) is 3.29. The predicted molar refractivity (Wildman–Crippen MR) is 82.7 cm³/mol. The Labute approximate surface area is 126 Å². The van der Waals surface area contributed by atoms with E-state index >= 15 is 0 Å². The number of aromatic nitrogens is 2. The van der Waals surface area contributed by atoms with Crippen LogP contribution in [0.1, 0.15) is 31.4 Å². The Morgan fingerprint density at radius 1 is 1.25 bits per heavy atom. The molecule has 0 aliphatic heterocycles. The van der Waals surface area contributed by atoms with E-state index in [9.17, 15) is 0 Å². The van der Waals surface area contributed by atoms with Crippen LogP contribution in [0.15, 0.2) is 28.7 Å². The molecular formula is C15H16BrN3O. The van der Waals surface area contributed by atoms with Crippen molar-refractivity contribution in [2.75, 3.05) is 12.3 Å². The molecule has 1 heterocycles. The number of hydrogen-bond acceptors (Lipinski definition) is 4. The zero-order valence-corrected chi connectivity index (χ0v) is 12.9. The topological polar surface area (TPSA) is 61.0 Å². The van der Waals surface area contributed by atoms with E-state index in [4.69, 9.17) is 10.5 Å². The van der Waals surface area contributed by atoms with Crippen molar-refractivity contribution in [1.29, 1.82) is 0 Å². The zero-order chi connectivity index (χ0) is 14.1. The summed E-state index contributed by atoms with van der Waals surface area (Å²) in [4.78, 5) is 9.03. The van der Waals surface area contributed by atoms with Crippen LogP contribution in [0.3, 0.4) is 0 Å². The number of nitrogens with zero attached hydrogens (tertiary/aromatic N) is 2. The van der Waals surface area contributed by atoms with Gasteiger partial charge in [0.2, 0.25) is 0 Å². The maximum atomic E-state index is 5.98. The molecule has 0 amide bonds. The molecule has 3 rings (SSSR count). The first-order valence-electron chi connectivity index (χ1n) is 6.75. The Hall–Kier alpha value is -1.62. The van der Waals surface area contributed by atoms with Crippen LogP contribution in [0.4, 0.5) is 5.82 Å². The van der Waals surface area contributed by atoms with Gasteiger partial charge in [-0.3, -0.25) is 0 Å². The van der Waals surface area contributed by atoms with Gasteiger partial charge in [0.25, 0.3) is 0 Å². The van der Waals surface area contributed by atoms with Crippen molar-refractivity contribution in [3.63, 3.8) is 0 Å². The van der Waals surface area contributed by atoms with Gasteiger partial charge in [0.15, 0.2) is 5.82 Å². The number of halogens is 1. The number of hydrogen-bond donors (Lipinski definition) is 1. The van der Waals surface area contributed by atoms with Crippen molar-refractivity contribution in [1.82, 2.24) is 9.97 Å². The highest BCUT2D eigenvalue weighted by molar-refractivity contribution is 9.10. The summed E-state index contributed by atoms with van der Waals surface area (Å²) in [5.74, 6) is 2.56. The van der Waals surface area contributed by atoms with Crippen LogP contribution in [0.5, 0.6) is 5.75 Å². The summed E-state index contributed by atoms with van der Waals surface area (Å²) in [6, 6.07) is 7.78. The minimum atomic E-state index is 0.505. The third kappa shape index (κ3) is 2.63. The van der Waals surface area contributed by atoms with Gasteiger partial charge in [0.05, 0.1) is 16.8 Å². The second-order valence-electron chi connectivity index (χ2n) is 4.86. The lowest BCUT2D eigenvalue weighted by atomic mass is 10.2. The molecule has 0 spiro atoms. The maximum absolute atomic E-state index is 5.98. The van der Waals surface area contributed by atoms with E-state index in [1.165, 1.54) is 12.8 Å². The first kappa shape index (κ1) is 13.4. The van der Waals surface area contributed by atoms with Gasteiger partial charge < -0.3 is 10.5 Å². The molecule has 2 aromatic rings. The first-order chi connectivity index (χ1) is 9.69. The molecule has 4 nitrogen and oxygen atoms in total. The van der Waals surface area contributed by atoms with Crippen molar-refractivity contribution >= 4 is 21.7 Å². The van der Waals surface area contributed by atoms with Gasteiger partial charge in [0, 0.05) is 11.5 Å². The van der Waals surface area contributed by atoms with Crippen molar-refractivity contribution in [3.8, 4) is 17.1 Å². The molecule has 5 heteroatoms. The standard InChI is InChI=1S/C15H16BrN3O/c1-2-20-11-7-5-10(6-8-11)15-18-13(9-3-4-9)12(16)14(17)19-15/h5-9H,2-4H2,1H3,(H2,17,18,19). The fourth-order valence-corrected chi connectivity index (χ4v) is 2.61. The number of nitrogen functional groups attached to an aromatic ring is 1. The first-order valence-corrected chi connectivity index (χ1v) is 7.54. The highest BCUT2D eigenvalue weighted by Gasteiger charge is 2.29. The van der Waals surface area contributed by atoms with E-state index in [1.807, 2.05) is 31.2 Å². The summed E-state index contributed by atoms with van der Waals surface area (Å²) in [5.41, 5.74) is 7.96. The van der Waals surface area contributed by atoms with Gasteiger partial charge >= 0.3 is 0 Å². The number of rotatable bonds is 4. The molecule has 0 unspecified atom stereocenters. The van der Waals surface area contributed by atoms with Gasteiger partial charge in [-0.25, -0.2) is 9.97 Å². The molecule has 1 fully saturated rings. The second-order valence-corrected chi connectivity index (χ2v) is 5.66. The molecule has 2 N–H and O–H groups in total. The van der Waals surface area contributed by atoms with E-state index in [1.54, 1.807) is 0 Å². The summed E-state index contributed by atoms with van der Waals surface area (Å²) < 4.78 is 6.28. The fourth-order valence-electron chi connectivity index (χ4n) is 2.11. The Morgan fingerprint density at radius 3 is 2.55 bits per heavy atom. The van der Waals surface area contributed by atoms with Crippen LogP contribution >= 0.6 is 15.9 Å². The Balaban J connectivity index is 1.96. The molecule has 20 heavy (non-hydrogen) atoms. The SMILES string of the molecule is CCOc1ccc(-c2nc(N)c(Br)c(C3CC3)n2)cc1. The highest BCUT2D eigenvalue weighted by Crippen LogP contribution is 2.43. The fraction of sp³-hybridized carbons (Fsp3) is 0.333. The van der Waals surface area contributed by atoms with E-state index in [2.05, 4.69) is 25.9 Å². The van der Waals surface area contributed by atoms with E-state index in [0.29, 0.717) is 24.2 Å². The van der Waals surface area contributed by atoms with Crippen LogP contribution in [0, 0.1) is 0 Å². The van der Waals surface area contributed by atoms with E-state index in [0.717, 1.165) is 21.5 Å². The molecule has 0 atom stereocenters. The van der Waals surface area contributed by atoms with E-state index < -0.39 is 0 Å². The lowest BCUT2D eigenvalue weighted by molar-refractivity contribution is 0.340. The highest BCUT2D eigenvalue weighted by atomic mass is 79.9. The number of ether oxygens (including phenoxy) is 1. The van der Waals surface area contributed by atoms with Gasteiger partial charge in [-0.15, -0.1) is 0 Å².